The van der Waals surface area contributed by atoms with Gasteiger partial charge in [-0.15, -0.1) is 0 Å². The van der Waals surface area contributed by atoms with E-state index in [9.17, 15) is 4.79 Å². The number of carbonyl (C=O) groups is 1. The number of carbonyl (C=O) groups excluding carboxylic acids is 1. The summed E-state index contributed by atoms with van der Waals surface area (Å²) in [7, 11) is 5.82. The van der Waals surface area contributed by atoms with Gasteiger partial charge >= 0.3 is 0 Å². The molecule has 1 aliphatic rings. The summed E-state index contributed by atoms with van der Waals surface area (Å²) in [6.45, 7) is 0. The normalized spacial score (nSPS) is 18.1. The van der Waals surface area contributed by atoms with Crippen LogP contribution in [0.15, 0.2) is 24.0 Å². The number of aryl methyl sites for hydroxylation is 2. The third-order valence-corrected chi connectivity index (χ3v) is 2.74. The zero-order valence-electron chi connectivity index (χ0n) is 9.45. The van der Waals surface area contributed by atoms with Crippen LogP contribution in [0.2, 0.25) is 0 Å². The van der Waals surface area contributed by atoms with Crippen LogP contribution in [0.5, 0.6) is 0 Å². The van der Waals surface area contributed by atoms with Crippen LogP contribution in [0.1, 0.15) is 22.5 Å². The maximum absolute atomic E-state index is 12.1. The zero-order chi connectivity index (χ0) is 11.0. The number of nitrogens with zero attached hydrogens (tertiary/aromatic N) is 2. The molecule has 0 unspecified atom stereocenters. The molecule has 1 aromatic heterocycles. The molecule has 3 nitrogen and oxygen atoms in total. The monoisotopic (exact) mass is 204 g/mol. The number of aromatic nitrogens is 1. The summed E-state index contributed by atoms with van der Waals surface area (Å²) >= 11 is 0. The van der Waals surface area contributed by atoms with Gasteiger partial charge in [-0.3, -0.25) is 4.79 Å². The summed E-state index contributed by atoms with van der Waals surface area (Å²) in [5.74, 6) is 0.178. The molecule has 1 aromatic rings. The highest BCUT2D eigenvalue weighted by Gasteiger charge is 2.24. The molecule has 0 aromatic carbocycles. The van der Waals surface area contributed by atoms with Gasteiger partial charge in [0.25, 0.3) is 0 Å². The fourth-order valence-electron chi connectivity index (χ4n) is 2.06. The number of hydrogen-bond acceptors (Lipinski definition) is 2. The first kappa shape index (κ1) is 10.0. The summed E-state index contributed by atoms with van der Waals surface area (Å²) in [5.41, 5.74) is 2.95. The summed E-state index contributed by atoms with van der Waals surface area (Å²) in [6.07, 6.45) is 5.72. The van der Waals surface area contributed by atoms with Crippen LogP contribution >= 0.6 is 0 Å². The van der Waals surface area contributed by atoms with E-state index in [1.165, 1.54) is 5.56 Å². The van der Waals surface area contributed by atoms with Crippen molar-refractivity contribution in [2.24, 2.45) is 7.05 Å². The molecule has 0 amide bonds. The van der Waals surface area contributed by atoms with Gasteiger partial charge in [0.05, 0.1) is 5.69 Å². The molecule has 0 N–H and O–H groups in total. The third kappa shape index (κ3) is 1.69. The van der Waals surface area contributed by atoms with Crippen LogP contribution in [-0.2, 0) is 13.5 Å². The van der Waals surface area contributed by atoms with Gasteiger partial charge in [-0.2, -0.15) is 0 Å². The summed E-state index contributed by atoms with van der Waals surface area (Å²) in [6, 6.07) is 2.04. The Morgan fingerprint density at radius 2 is 2.13 bits per heavy atom. The largest absolute Gasteiger partial charge is 0.383 e. The lowest BCUT2D eigenvalue weighted by Gasteiger charge is -2.17. The van der Waals surface area contributed by atoms with Crippen LogP contribution in [0.3, 0.4) is 0 Å². The number of allylic oxidation sites excluding steroid dienone is 1. The Morgan fingerprint density at radius 1 is 1.40 bits per heavy atom. The number of ketones is 1. The summed E-state index contributed by atoms with van der Waals surface area (Å²) in [4.78, 5) is 14.1. The van der Waals surface area contributed by atoms with Crippen LogP contribution in [0, 0.1) is 0 Å². The van der Waals surface area contributed by atoms with Crippen LogP contribution in [-0.4, -0.2) is 29.3 Å². The van der Waals surface area contributed by atoms with Gasteiger partial charge in [0, 0.05) is 39.1 Å². The molecule has 0 fully saturated rings. The molecule has 1 heterocycles. The van der Waals surface area contributed by atoms with E-state index in [0.717, 1.165) is 24.1 Å². The van der Waals surface area contributed by atoms with E-state index in [1.54, 1.807) is 0 Å². The first-order valence-electron chi connectivity index (χ1n) is 5.15. The van der Waals surface area contributed by atoms with Crippen molar-refractivity contribution in [3.63, 3.8) is 0 Å². The quantitative estimate of drug-likeness (QED) is 0.649. The lowest BCUT2D eigenvalue weighted by atomic mass is 9.92. The van der Waals surface area contributed by atoms with Gasteiger partial charge in [0.15, 0.2) is 0 Å². The SMILES string of the molecule is CN(C)C=C1CCc2ccn(C)c2C1=O. The maximum atomic E-state index is 12.1. The lowest BCUT2D eigenvalue weighted by molar-refractivity contribution is 0.101. The van der Waals surface area contributed by atoms with E-state index in [0.29, 0.717) is 0 Å². The molecule has 0 bridgehead atoms. The Kier molecular flexibility index (Phi) is 2.39. The van der Waals surface area contributed by atoms with Crippen molar-refractivity contribution < 1.29 is 4.79 Å². The molecule has 0 spiro atoms. The first-order chi connectivity index (χ1) is 7.09. The standard InChI is InChI=1S/C12H16N2O/c1-13(2)8-10-5-4-9-6-7-14(3)11(9)12(10)15/h6-8H,4-5H2,1-3H3. The molecule has 0 saturated carbocycles. The average molecular weight is 204 g/mol. The minimum Gasteiger partial charge on any atom is -0.383 e. The molecule has 15 heavy (non-hydrogen) atoms. The highest BCUT2D eigenvalue weighted by Crippen LogP contribution is 2.25. The van der Waals surface area contributed by atoms with Gasteiger partial charge in [0.1, 0.15) is 0 Å². The van der Waals surface area contributed by atoms with Crippen LogP contribution in [0.4, 0.5) is 0 Å². The van der Waals surface area contributed by atoms with Crippen molar-refractivity contribution >= 4 is 5.78 Å². The second kappa shape index (κ2) is 3.57. The zero-order valence-corrected chi connectivity index (χ0v) is 9.45. The van der Waals surface area contributed by atoms with E-state index < -0.39 is 0 Å². The smallest absolute Gasteiger partial charge is 0.207 e. The van der Waals surface area contributed by atoms with E-state index in [1.807, 2.05) is 49.1 Å². The van der Waals surface area contributed by atoms with Crippen LogP contribution < -0.4 is 0 Å². The topological polar surface area (TPSA) is 25.2 Å². The van der Waals surface area contributed by atoms with Crippen LogP contribution in [0.25, 0.3) is 0 Å². The molecule has 1 aliphatic carbocycles. The minimum atomic E-state index is 0.178. The molecule has 80 valence electrons. The predicted molar refractivity (Wildman–Crippen MR) is 59.8 cm³/mol. The Morgan fingerprint density at radius 3 is 2.80 bits per heavy atom. The summed E-state index contributed by atoms with van der Waals surface area (Å²) in [5, 5.41) is 0. The van der Waals surface area contributed by atoms with Gasteiger partial charge in [0.2, 0.25) is 5.78 Å². The number of hydrogen-bond donors (Lipinski definition) is 0. The van der Waals surface area contributed by atoms with Gasteiger partial charge in [-0.05, 0) is 24.5 Å². The second-order valence-electron chi connectivity index (χ2n) is 4.25. The van der Waals surface area contributed by atoms with E-state index in [2.05, 4.69) is 0 Å². The fourth-order valence-corrected chi connectivity index (χ4v) is 2.06. The Balaban J connectivity index is 2.41. The molecule has 0 saturated heterocycles. The Hall–Kier alpha value is -1.51. The van der Waals surface area contributed by atoms with Gasteiger partial charge < -0.3 is 9.47 Å². The number of Topliss-reactive ketones (excluding diaryl/α,β-unsaturated/α-hetero) is 1. The van der Waals surface area contributed by atoms with Gasteiger partial charge in [-0.1, -0.05) is 0 Å². The lowest BCUT2D eigenvalue weighted by Crippen LogP contribution is -2.18. The maximum Gasteiger partial charge on any atom is 0.207 e. The van der Waals surface area contributed by atoms with Crippen molar-refractivity contribution in [2.75, 3.05) is 14.1 Å². The summed E-state index contributed by atoms with van der Waals surface area (Å²) < 4.78 is 1.92. The van der Waals surface area contributed by atoms with Crippen molar-refractivity contribution in [1.29, 1.82) is 0 Å². The second-order valence-corrected chi connectivity index (χ2v) is 4.25. The highest BCUT2D eigenvalue weighted by molar-refractivity contribution is 6.09. The van der Waals surface area contributed by atoms with Crippen molar-refractivity contribution in [1.82, 2.24) is 9.47 Å². The third-order valence-electron chi connectivity index (χ3n) is 2.74. The van der Waals surface area contributed by atoms with E-state index in [-0.39, 0.29) is 5.78 Å². The molecule has 0 atom stereocenters. The Bertz CT molecular complexity index is 427. The van der Waals surface area contributed by atoms with Crippen molar-refractivity contribution in [3.8, 4) is 0 Å². The molecular formula is C12H16N2O. The molecule has 0 radical (unpaired) electrons. The van der Waals surface area contributed by atoms with E-state index in [4.69, 9.17) is 0 Å². The Labute approximate surface area is 90.0 Å². The molecule has 2 rings (SSSR count). The van der Waals surface area contributed by atoms with Gasteiger partial charge in [-0.25, -0.2) is 0 Å². The van der Waals surface area contributed by atoms with Crippen molar-refractivity contribution in [2.45, 2.75) is 12.8 Å². The predicted octanol–water partition coefficient (Wildman–Crippen LogP) is 1.60. The number of fused-ring (bicyclic) bond motifs is 1. The highest BCUT2D eigenvalue weighted by atomic mass is 16.1. The minimum absolute atomic E-state index is 0.178. The number of rotatable bonds is 1. The fraction of sp³-hybridized carbons (Fsp3) is 0.417. The molecule has 3 heteroatoms. The molecular weight excluding hydrogens is 188 g/mol. The first-order valence-corrected chi connectivity index (χ1v) is 5.15. The molecule has 0 aliphatic heterocycles. The van der Waals surface area contributed by atoms with E-state index >= 15 is 0 Å². The van der Waals surface area contributed by atoms with Crippen molar-refractivity contribution in [3.05, 3.63) is 35.3 Å². The average Bonchev–Trinajstić information content (AvgIpc) is 2.53.